The molecule has 0 aromatic carbocycles. The van der Waals surface area contributed by atoms with E-state index in [9.17, 15) is 14.9 Å². The third-order valence-electron chi connectivity index (χ3n) is 3.96. The minimum absolute atomic E-state index is 0.0272. The molecule has 10 nitrogen and oxygen atoms in total. The van der Waals surface area contributed by atoms with Crippen LogP contribution in [0.5, 0.6) is 0 Å². The van der Waals surface area contributed by atoms with Crippen molar-refractivity contribution in [2.24, 2.45) is 4.99 Å². The number of aliphatic imine (C=N–C) groups is 1. The molecule has 1 saturated heterocycles. The Bertz CT molecular complexity index is 628. The first-order valence-electron chi connectivity index (χ1n) is 8.53. The van der Waals surface area contributed by atoms with Gasteiger partial charge in [0.1, 0.15) is 12.4 Å². The number of carbonyl (C=O) groups is 1. The van der Waals surface area contributed by atoms with E-state index in [4.69, 9.17) is 0 Å². The number of carbonyl (C=O) groups excluding carboxylic acids is 1. The molecule has 1 aromatic heterocycles. The molecular formula is C15H25N7O3. The van der Waals surface area contributed by atoms with Crippen LogP contribution in [0.4, 0.5) is 5.69 Å². The van der Waals surface area contributed by atoms with Crippen LogP contribution < -0.4 is 10.6 Å². The molecule has 1 aliphatic rings. The Morgan fingerprint density at radius 3 is 2.96 bits per heavy atom. The molecule has 10 heteroatoms. The summed E-state index contributed by atoms with van der Waals surface area (Å²) in [5.41, 5.74) is -0.0272. The molecule has 138 valence electrons. The van der Waals surface area contributed by atoms with Gasteiger partial charge < -0.3 is 15.5 Å². The van der Waals surface area contributed by atoms with Gasteiger partial charge >= 0.3 is 5.69 Å². The van der Waals surface area contributed by atoms with Crippen LogP contribution in [0.15, 0.2) is 17.4 Å². The highest BCUT2D eigenvalue weighted by atomic mass is 16.6. The van der Waals surface area contributed by atoms with Gasteiger partial charge in [0.25, 0.3) is 0 Å². The topological polar surface area (TPSA) is 118 Å². The van der Waals surface area contributed by atoms with Gasteiger partial charge in [0.05, 0.1) is 18.0 Å². The highest BCUT2D eigenvalue weighted by Crippen LogP contribution is 2.10. The van der Waals surface area contributed by atoms with Gasteiger partial charge in [0.2, 0.25) is 5.91 Å². The maximum Gasteiger partial charge on any atom is 0.306 e. The zero-order chi connectivity index (χ0) is 18.2. The maximum atomic E-state index is 11.7. The summed E-state index contributed by atoms with van der Waals surface area (Å²) in [6.07, 6.45) is 4.03. The average Bonchev–Trinajstić information content (AvgIpc) is 3.24. The van der Waals surface area contributed by atoms with Crippen LogP contribution in [-0.4, -0.2) is 63.7 Å². The number of nitrogens with one attached hydrogen (secondary N) is 2. The molecule has 1 fully saturated rings. The number of hydrogen-bond acceptors (Lipinski definition) is 5. The van der Waals surface area contributed by atoms with Gasteiger partial charge in [-0.1, -0.05) is 6.92 Å². The number of hydrogen-bond donors (Lipinski definition) is 2. The Kier molecular flexibility index (Phi) is 6.72. The summed E-state index contributed by atoms with van der Waals surface area (Å²) in [5.74, 6) is 0.853. The first kappa shape index (κ1) is 18.7. The average molecular weight is 351 g/mol. The molecule has 2 N–H and O–H groups in total. The molecule has 0 radical (unpaired) electrons. The molecule has 1 aromatic rings. The molecule has 1 unspecified atom stereocenters. The minimum Gasteiger partial charge on any atom is -0.357 e. The predicted molar refractivity (Wildman–Crippen MR) is 93.3 cm³/mol. The molecule has 25 heavy (non-hydrogen) atoms. The maximum absolute atomic E-state index is 11.7. The summed E-state index contributed by atoms with van der Waals surface area (Å²) in [5, 5.41) is 21.1. The fourth-order valence-corrected chi connectivity index (χ4v) is 2.68. The van der Waals surface area contributed by atoms with Gasteiger partial charge in [0.15, 0.2) is 5.96 Å². The summed E-state index contributed by atoms with van der Waals surface area (Å²) in [7, 11) is 0. The molecule has 0 saturated carbocycles. The summed E-state index contributed by atoms with van der Waals surface area (Å²) in [4.78, 5) is 28.3. The van der Waals surface area contributed by atoms with Crippen LogP contribution in [0.2, 0.25) is 0 Å². The van der Waals surface area contributed by atoms with Gasteiger partial charge in [-0.05, 0) is 13.3 Å². The number of likely N-dealkylation sites (tertiary alicyclic amines) is 1. The summed E-state index contributed by atoms with van der Waals surface area (Å²) in [6.45, 7) is 6.92. The molecule has 0 spiro atoms. The van der Waals surface area contributed by atoms with E-state index in [0.29, 0.717) is 32.0 Å². The van der Waals surface area contributed by atoms with E-state index in [1.807, 2.05) is 18.7 Å². The highest BCUT2D eigenvalue weighted by molar-refractivity contribution is 5.80. The van der Waals surface area contributed by atoms with Crippen molar-refractivity contribution >= 4 is 17.6 Å². The van der Waals surface area contributed by atoms with Crippen LogP contribution in [0.25, 0.3) is 0 Å². The number of nitro groups is 1. The first-order valence-corrected chi connectivity index (χ1v) is 8.53. The van der Waals surface area contributed by atoms with Crippen LogP contribution in [0, 0.1) is 10.1 Å². The van der Waals surface area contributed by atoms with Gasteiger partial charge in [-0.15, -0.1) is 0 Å². The van der Waals surface area contributed by atoms with E-state index in [1.54, 1.807) is 0 Å². The third kappa shape index (κ3) is 5.44. The van der Waals surface area contributed by atoms with Crippen molar-refractivity contribution in [3.05, 3.63) is 22.5 Å². The standard InChI is InChI=1S/C15H25N7O3/c1-3-14(23)20-7-5-12(10-20)19-15(16-4-2)17-6-8-21-11-13(9-18-21)22(24)25/h9,11-12H,3-8,10H2,1-2H3,(H2,16,17,19). The van der Waals surface area contributed by atoms with Crippen LogP contribution in [0.3, 0.4) is 0 Å². The highest BCUT2D eigenvalue weighted by Gasteiger charge is 2.25. The Hall–Kier alpha value is -2.65. The molecule has 1 amide bonds. The van der Waals surface area contributed by atoms with E-state index >= 15 is 0 Å². The molecule has 1 aliphatic heterocycles. The molecule has 0 aliphatic carbocycles. The van der Waals surface area contributed by atoms with Gasteiger partial charge in [-0.25, -0.2) is 0 Å². The summed E-state index contributed by atoms with van der Waals surface area (Å²) < 4.78 is 1.50. The van der Waals surface area contributed by atoms with Crippen molar-refractivity contribution in [2.75, 3.05) is 26.2 Å². The predicted octanol–water partition coefficient (Wildman–Crippen LogP) is 0.357. The largest absolute Gasteiger partial charge is 0.357 e. The monoisotopic (exact) mass is 351 g/mol. The molecule has 0 bridgehead atoms. The molecule has 2 heterocycles. The van der Waals surface area contributed by atoms with E-state index in [1.165, 1.54) is 17.1 Å². The van der Waals surface area contributed by atoms with Crippen molar-refractivity contribution in [1.29, 1.82) is 0 Å². The van der Waals surface area contributed by atoms with E-state index < -0.39 is 4.92 Å². The minimum atomic E-state index is -0.470. The van der Waals surface area contributed by atoms with Crippen LogP contribution in [0.1, 0.15) is 26.7 Å². The Labute approximate surface area is 146 Å². The lowest BCUT2D eigenvalue weighted by atomic mass is 10.3. The quantitative estimate of drug-likeness (QED) is 0.317. The molecular weight excluding hydrogens is 326 g/mol. The number of nitrogens with zero attached hydrogens (tertiary/aromatic N) is 5. The molecule has 2 rings (SSSR count). The van der Waals surface area contributed by atoms with Gasteiger partial charge in [0, 0.05) is 32.1 Å². The second kappa shape index (κ2) is 9.00. The van der Waals surface area contributed by atoms with Gasteiger partial charge in [-0.2, -0.15) is 5.10 Å². The fourth-order valence-electron chi connectivity index (χ4n) is 2.68. The normalized spacial score (nSPS) is 17.6. The number of amides is 1. The van der Waals surface area contributed by atoms with E-state index in [-0.39, 0.29) is 17.6 Å². The van der Waals surface area contributed by atoms with Crippen LogP contribution in [-0.2, 0) is 11.3 Å². The molecule has 1 atom stereocenters. The number of rotatable bonds is 7. The Morgan fingerprint density at radius 2 is 2.32 bits per heavy atom. The van der Waals surface area contributed by atoms with Crippen LogP contribution >= 0.6 is 0 Å². The Balaban J connectivity index is 1.85. The second-order valence-corrected chi connectivity index (χ2v) is 5.80. The fraction of sp³-hybridized carbons (Fsp3) is 0.667. The Morgan fingerprint density at radius 1 is 1.52 bits per heavy atom. The van der Waals surface area contributed by atoms with E-state index in [2.05, 4.69) is 20.7 Å². The van der Waals surface area contributed by atoms with Crippen molar-refractivity contribution in [3.63, 3.8) is 0 Å². The third-order valence-corrected chi connectivity index (χ3v) is 3.96. The lowest BCUT2D eigenvalue weighted by molar-refractivity contribution is -0.385. The zero-order valence-corrected chi connectivity index (χ0v) is 14.6. The smallest absolute Gasteiger partial charge is 0.306 e. The second-order valence-electron chi connectivity index (χ2n) is 5.80. The van der Waals surface area contributed by atoms with Crippen molar-refractivity contribution in [2.45, 2.75) is 39.3 Å². The summed E-state index contributed by atoms with van der Waals surface area (Å²) >= 11 is 0. The van der Waals surface area contributed by atoms with E-state index in [0.717, 1.165) is 19.5 Å². The SMILES string of the molecule is CCNC(=NCCn1cc([N+](=O)[O-])cn1)NC1CCN(C(=O)CC)C1. The lowest BCUT2D eigenvalue weighted by Crippen LogP contribution is -2.45. The lowest BCUT2D eigenvalue weighted by Gasteiger charge is -2.18. The van der Waals surface area contributed by atoms with Crippen molar-refractivity contribution in [3.8, 4) is 0 Å². The first-order chi connectivity index (χ1) is 12.0. The van der Waals surface area contributed by atoms with Crippen molar-refractivity contribution < 1.29 is 9.72 Å². The summed E-state index contributed by atoms with van der Waals surface area (Å²) in [6, 6.07) is 0.180. The zero-order valence-electron chi connectivity index (χ0n) is 14.6. The van der Waals surface area contributed by atoms with Crippen molar-refractivity contribution in [1.82, 2.24) is 25.3 Å². The van der Waals surface area contributed by atoms with Gasteiger partial charge in [-0.3, -0.25) is 24.6 Å². The number of guanidine groups is 1. The number of aromatic nitrogens is 2.